The van der Waals surface area contributed by atoms with Gasteiger partial charge in [0.05, 0.1) is 0 Å². The SMILES string of the molecule is [CH2]C(O)(O)CF. The van der Waals surface area contributed by atoms with Gasteiger partial charge in [-0.25, -0.2) is 4.39 Å². The second-order valence-corrected chi connectivity index (χ2v) is 1.12. The molecule has 1 radical (unpaired) electrons. The van der Waals surface area contributed by atoms with Crippen molar-refractivity contribution in [3.05, 3.63) is 6.92 Å². The number of alkyl halides is 1. The molecule has 3 heteroatoms. The minimum atomic E-state index is -2.38. The lowest BCUT2D eigenvalue weighted by Crippen LogP contribution is -2.25. The van der Waals surface area contributed by atoms with Crippen LogP contribution >= 0.6 is 0 Å². The summed E-state index contributed by atoms with van der Waals surface area (Å²) in [4.78, 5) is 0. The topological polar surface area (TPSA) is 40.5 Å². The van der Waals surface area contributed by atoms with E-state index in [0.717, 1.165) is 0 Å². The fraction of sp³-hybridized carbons (Fsp3) is 0.667. The van der Waals surface area contributed by atoms with Gasteiger partial charge in [-0.15, -0.1) is 0 Å². The van der Waals surface area contributed by atoms with E-state index in [4.69, 9.17) is 10.2 Å². The summed E-state index contributed by atoms with van der Waals surface area (Å²) >= 11 is 0. The highest BCUT2D eigenvalue weighted by Gasteiger charge is 2.12. The van der Waals surface area contributed by atoms with E-state index < -0.39 is 12.5 Å². The monoisotopic (exact) mass is 93.0 g/mol. The van der Waals surface area contributed by atoms with Crippen molar-refractivity contribution in [3.63, 3.8) is 0 Å². The normalized spacial score (nSPS) is 12.0. The zero-order valence-corrected chi connectivity index (χ0v) is 3.19. The molecule has 2 N–H and O–H groups in total. The minimum Gasteiger partial charge on any atom is -0.364 e. The summed E-state index contributed by atoms with van der Waals surface area (Å²) in [6, 6.07) is 0. The molecule has 0 aliphatic heterocycles. The molecule has 0 amide bonds. The first kappa shape index (κ1) is 5.85. The van der Waals surface area contributed by atoms with Gasteiger partial charge in [0.1, 0.15) is 6.67 Å². The Morgan fingerprint density at radius 2 is 1.83 bits per heavy atom. The molecule has 0 aromatic heterocycles. The highest BCUT2D eigenvalue weighted by Crippen LogP contribution is 1.93. The lowest BCUT2D eigenvalue weighted by molar-refractivity contribution is -0.133. The fourth-order valence-corrected chi connectivity index (χ4v) is 0. The van der Waals surface area contributed by atoms with Crippen LogP contribution < -0.4 is 0 Å². The predicted molar refractivity (Wildman–Crippen MR) is 18.5 cm³/mol. The smallest absolute Gasteiger partial charge is 0.192 e. The number of hydrogen-bond donors (Lipinski definition) is 2. The van der Waals surface area contributed by atoms with Gasteiger partial charge in [0.15, 0.2) is 5.79 Å². The zero-order valence-electron chi connectivity index (χ0n) is 3.19. The lowest BCUT2D eigenvalue weighted by atomic mass is 10.4. The van der Waals surface area contributed by atoms with Crippen molar-refractivity contribution >= 4 is 0 Å². The molecule has 0 spiro atoms. The van der Waals surface area contributed by atoms with Gasteiger partial charge in [-0.2, -0.15) is 0 Å². The van der Waals surface area contributed by atoms with Crippen molar-refractivity contribution in [2.45, 2.75) is 5.79 Å². The molecule has 0 aromatic rings. The van der Waals surface area contributed by atoms with Crippen LogP contribution in [0.25, 0.3) is 0 Å². The molecule has 0 atom stereocenters. The molecule has 2 nitrogen and oxygen atoms in total. The van der Waals surface area contributed by atoms with E-state index in [9.17, 15) is 4.39 Å². The van der Waals surface area contributed by atoms with Crippen LogP contribution in [0, 0.1) is 6.92 Å². The molecule has 0 unspecified atom stereocenters. The Labute approximate surface area is 35.2 Å². The molecule has 0 rings (SSSR count). The average molecular weight is 93.1 g/mol. The van der Waals surface area contributed by atoms with Crippen LogP contribution in [0.3, 0.4) is 0 Å². The van der Waals surface area contributed by atoms with Crippen molar-refractivity contribution in [1.82, 2.24) is 0 Å². The molecule has 0 saturated heterocycles. The summed E-state index contributed by atoms with van der Waals surface area (Å²) in [5.74, 6) is -2.38. The fourth-order valence-electron chi connectivity index (χ4n) is 0. The van der Waals surface area contributed by atoms with Crippen LogP contribution in [-0.2, 0) is 0 Å². The van der Waals surface area contributed by atoms with E-state index in [1.165, 1.54) is 0 Å². The molecule has 0 aromatic carbocycles. The van der Waals surface area contributed by atoms with Gasteiger partial charge in [-0.1, -0.05) is 0 Å². The average Bonchev–Trinajstić information content (AvgIpc) is 1.35. The third-order valence-electron chi connectivity index (χ3n) is 0.214. The molecule has 0 bridgehead atoms. The van der Waals surface area contributed by atoms with E-state index in [0.29, 0.717) is 0 Å². The van der Waals surface area contributed by atoms with E-state index >= 15 is 0 Å². The maximum atomic E-state index is 10.9. The Balaban J connectivity index is 3.17. The van der Waals surface area contributed by atoms with Crippen LogP contribution in [0.15, 0.2) is 0 Å². The number of halogens is 1. The van der Waals surface area contributed by atoms with Gasteiger partial charge in [-0.05, 0) is 0 Å². The first-order valence-corrected chi connectivity index (χ1v) is 1.42. The standard InChI is InChI=1S/C3H6FO2/c1-3(5,6)2-4/h5-6H,1-2H2. The summed E-state index contributed by atoms with van der Waals surface area (Å²) in [7, 11) is 0. The van der Waals surface area contributed by atoms with Crippen LogP contribution in [0.1, 0.15) is 0 Å². The second-order valence-electron chi connectivity index (χ2n) is 1.12. The summed E-state index contributed by atoms with van der Waals surface area (Å²) in [5.41, 5.74) is 0. The quantitative estimate of drug-likeness (QED) is 0.428. The summed E-state index contributed by atoms with van der Waals surface area (Å²) in [5, 5.41) is 15.8. The Kier molecular flexibility index (Phi) is 1.49. The van der Waals surface area contributed by atoms with Gasteiger partial charge in [0, 0.05) is 6.92 Å². The van der Waals surface area contributed by atoms with Gasteiger partial charge < -0.3 is 10.2 Å². The van der Waals surface area contributed by atoms with Crippen molar-refractivity contribution in [2.24, 2.45) is 0 Å². The Morgan fingerprint density at radius 3 is 1.83 bits per heavy atom. The Bertz CT molecular complexity index is 38.5. The maximum absolute atomic E-state index is 10.9. The van der Waals surface area contributed by atoms with Gasteiger partial charge in [-0.3, -0.25) is 0 Å². The molecule has 0 heterocycles. The third-order valence-corrected chi connectivity index (χ3v) is 0.214. The first-order valence-electron chi connectivity index (χ1n) is 1.42. The molecular formula is C3H6FO2. The number of rotatable bonds is 1. The van der Waals surface area contributed by atoms with Gasteiger partial charge in [0.25, 0.3) is 0 Å². The van der Waals surface area contributed by atoms with Crippen LogP contribution in [0.5, 0.6) is 0 Å². The van der Waals surface area contributed by atoms with Crippen LogP contribution in [-0.4, -0.2) is 22.7 Å². The molecule has 0 saturated carbocycles. The summed E-state index contributed by atoms with van der Waals surface area (Å²) < 4.78 is 10.9. The second kappa shape index (κ2) is 1.53. The van der Waals surface area contributed by atoms with Crippen molar-refractivity contribution in [1.29, 1.82) is 0 Å². The van der Waals surface area contributed by atoms with E-state index in [2.05, 4.69) is 6.92 Å². The lowest BCUT2D eigenvalue weighted by Gasteiger charge is -2.07. The Hall–Kier alpha value is -0.150. The first-order chi connectivity index (χ1) is 2.56. The molecule has 0 fully saturated rings. The molecule has 37 valence electrons. The Morgan fingerprint density at radius 1 is 1.67 bits per heavy atom. The summed E-state index contributed by atoms with van der Waals surface area (Å²) in [6.45, 7) is 1.40. The molecule has 0 aliphatic rings. The highest BCUT2D eigenvalue weighted by molar-refractivity contribution is 4.62. The van der Waals surface area contributed by atoms with Crippen molar-refractivity contribution in [3.8, 4) is 0 Å². The summed E-state index contributed by atoms with van der Waals surface area (Å²) in [6.07, 6.45) is 0. The molecular weight excluding hydrogens is 87.0 g/mol. The van der Waals surface area contributed by atoms with Crippen molar-refractivity contribution in [2.75, 3.05) is 6.67 Å². The van der Waals surface area contributed by atoms with E-state index in [-0.39, 0.29) is 0 Å². The van der Waals surface area contributed by atoms with Crippen LogP contribution in [0.4, 0.5) is 4.39 Å². The van der Waals surface area contributed by atoms with Crippen molar-refractivity contribution < 1.29 is 14.6 Å². The highest BCUT2D eigenvalue weighted by atomic mass is 19.1. The van der Waals surface area contributed by atoms with Crippen LogP contribution in [0.2, 0.25) is 0 Å². The number of aliphatic hydroxyl groups is 2. The maximum Gasteiger partial charge on any atom is 0.192 e. The minimum absolute atomic E-state index is 1.23. The molecule has 0 aliphatic carbocycles. The number of hydrogen-bond acceptors (Lipinski definition) is 2. The predicted octanol–water partition coefficient (Wildman–Crippen LogP) is -0.529. The van der Waals surface area contributed by atoms with E-state index in [1.54, 1.807) is 0 Å². The molecule has 6 heavy (non-hydrogen) atoms. The van der Waals surface area contributed by atoms with E-state index in [1.807, 2.05) is 0 Å². The zero-order chi connectivity index (χ0) is 5.21. The third kappa shape index (κ3) is 3.85. The van der Waals surface area contributed by atoms with Gasteiger partial charge >= 0.3 is 0 Å². The van der Waals surface area contributed by atoms with Gasteiger partial charge in [0.2, 0.25) is 0 Å². The largest absolute Gasteiger partial charge is 0.364 e.